The average molecular weight is 294 g/mol. The van der Waals surface area contributed by atoms with Gasteiger partial charge >= 0.3 is 5.97 Å². The lowest BCUT2D eigenvalue weighted by molar-refractivity contribution is -0.149. The molecule has 1 saturated carbocycles. The number of carbonyl (C=O) groups excluding carboxylic acids is 1. The third-order valence-corrected chi connectivity index (χ3v) is 5.02. The van der Waals surface area contributed by atoms with Crippen LogP contribution in [0, 0.1) is 17.8 Å². The van der Waals surface area contributed by atoms with Gasteiger partial charge in [0.2, 0.25) is 0 Å². The second kappa shape index (κ2) is 7.98. The highest BCUT2D eigenvalue weighted by Gasteiger charge is 2.50. The van der Waals surface area contributed by atoms with Gasteiger partial charge in [0.1, 0.15) is 0 Å². The zero-order valence-corrected chi connectivity index (χ0v) is 13.6. The van der Waals surface area contributed by atoms with Gasteiger partial charge in [-0.2, -0.15) is 0 Å². The lowest BCUT2D eigenvalue weighted by Crippen LogP contribution is -2.25. The molecule has 2 rings (SSSR count). The molecular formula is C18H30O3. The highest BCUT2D eigenvalue weighted by atomic mass is 16.5. The fraction of sp³-hybridized carbons (Fsp3) is 0.833. The van der Waals surface area contributed by atoms with E-state index in [-0.39, 0.29) is 18.0 Å². The van der Waals surface area contributed by atoms with Crippen molar-refractivity contribution in [3.05, 3.63) is 12.2 Å². The lowest BCUT2D eigenvalue weighted by atomic mass is 9.86. The van der Waals surface area contributed by atoms with Crippen LogP contribution in [0.4, 0.5) is 0 Å². The summed E-state index contributed by atoms with van der Waals surface area (Å²) >= 11 is 0. The molecule has 120 valence electrons. The minimum Gasteiger partial charge on any atom is -0.466 e. The van der Waals surface area contributed by atoms with Crippen LogP contribution in [0.25, 0.3) is 0 Å². The van der Waals surface area contributed by atoms with E-state index >= 15 is 0 Å². The third kappa shape index (κ3) is 3.88. The Bertz CT molecular complexity index is 363. The van der Waals surface area contributed by atoms with Crippen LogP contribution in [0.5, 0.6) is 0 Å². The van der Waals surface area contributed by atoms with Gasteiger partial charge in [0.15, 0.2) is 0 Å². The summed E-state index contributed by atoms with van der Waals surface area (Å²) in [5.74, 6) is 0.605. The van der Waals surface area contributed by atoms with Crippen molar-refractivity contribution in [3.8, 4) is 0 Å². The summed E-state index contributed by atoms with van der Waals surface area (Å²) in [7, 11) is 0. The molecule has 0 bridgehead atoms. The molecule has 0 N–H and O–H groups in total. The fourth-order valence-electron chi connectivity index (χ4n) is 3.94. The molecule has 0 aromatic heterocycles. The van der Waals surface area contributed by atoms with Crippen LogP contribution >= 0.6 is 0 Å². The summed E-state index contributed by atoms with van der Waals surface area (Å²) in [6.07, 6.45) is 8.64. The van der Waals surface area contributed by atoms with Crippen molar-refractivity contribution in [2.45, 2.75) is 64.9 Å². The number of ether oxygens (including phenoxy) is 2. The number of rotatable bonds is 8. The quantitative estimate of drug-likeness (QED) is 0.384. The van der Waals surface area contributed by atoms with Gasteiger partial charge in [-0.25, -0.2) is 0 Å². The Morgan fingerprint density at radius 1 is 1.29 bits per heavy atom. The first-order valence-corrected chi connectivity index (χ1v) is 8.64. The van der Waals surface area contributed by atoms with Gasteiger partial charge in [0, 0.05) is 11.8 Å². The monoisotopic (exact) mass is 294 g/mol. The van der Waals surface area contributed by atoms with Crippen molar-refractivity contribution in [1.82, 2.24) is 0 Å². The van der Waals surface area contributed by atoms with Gasteiger partial charge in [-0.3, -0.25) is 4.79 Å². The summed E-state index contributed by atoms with van der Waals surface area (Å²) in [5, 5.41) is 0. The third-order valence-electron chi connectivity index (χ3n) is 5.02. The van der Waals surface area contributed by atoms with E-state index in [4.69, 9.17) is 9.47 Å². The number of unbranched alkanes of at least 4 members (excludes halogenated alkanes) is 4. The topological polar surface area (TPSA) is 35.5 Å². The molecule has 1 aliphatic heterocycles. The van der Waals surface area contributed by atoms with E-state index in [9.17, 15) is 4.79 Å². The highest BCUT2D eigenvalue weighted by molar-refractivity contribution is 5.74. The van der Waals surface area contributed by atoms with Gasteiger partial charge in [-0.1, -0.05) is 51.2 Å². The Balaban J connectivity index is 1.83. The largest absolute Gasteiger partial charge is 0.466 e. The van der Waals surface area contributed by atoms with Crippen LogP contribution in [0.1, 0.15) is 58.8 Å². The Hall–Kier alpha value is -0.830. The van der Waals surface area contributed by atoms with E-state index < -0.39 is 0 Å². The number of fused-ring (bicyclic) bond motifs is 1. The second-order valence-corrected chi connectivity index (χ2v) is 6.49. The van der Waals surface area contributed by atoms with E-state index in [0.29, 0.717) is 25.0 Å². The molecule has 0 unspecified atom stereocenters. The smallest absolute Gasteiger partial charge is 0.309 e. The van der Waals surface area contributed by atoms with Crippen molar-refractivity contribution in [2.75, 3.05) is 13.2 Å². The molecule has 0 radical (unpaired) electrons. The molecule has 2 fully saturated rings. The Morgan fingerprint density at radius 3 is 2.76 bits per heavy atom. The highest BCUT2D eigenvalue weighted by Crippen LogP contribution is 2.48. The van der Waals surface area contributed by atoms with Crippen LogP contribution in [0.15, 0.2) is 12.2 Å². The molecule has 3 nitrogen and oxygen atoms in total. The van der Waals surface area contributed by atoms with E-state index in [1.807, 2.05) is 6.92 Å². The van der Waals surface area contributed by atoms with Gasteiger partial charge in [-0.05, 0) is 19.8 Å². The Labute approximate surface area is 129 Å². The number of hydrogen-bond donors (Lipinski definition) is 0. The van der Waals surface area contributed by atoms with Crippen molar-refractivity contribution < 1.29 is 14.3 Å². The first-order chi connectivity index (χ1) is 10.2. The molecule has 2 aliphatic rings. The summed E-state index contributed by atoms with van der Waals surface area (Å²) in [4.78, 5) is 12.1. The Morgan fingerprint density at radius 2 is 2.05 bits per heavy atom. The fourth-order valence-corrected chi connectivity index (χ4v) is 3.94. The molecule has 4 atom stereocenters. The summed E-state index contributed by atoms with van der Waals surface area (Å²) in [6.45, 7) is 9.47. The Kier molecular flexibility index (Phi) is 6.28. The van der Waals surface area contributed by atoms with Crippen molar-refractivity contribution in [2.24, 2.45) is 17.8 Å². The predicted molar refractivity (Wildman–Crippen MR) is 84.0 cm³/mol. The maximum Gasteiger partial charge on any atom is 0.309 e. The summed E-state index contributed by atoms with van der Waals surface area (Å²) in [5.41, 5.74) is 1.20. The number of esters is 1. The molecule has 21 heavy (non-hydrogen) atoms. The predicted octanol–water partition coefficient (Wildman–Crippen LogP) is 4.12. The van der Waals surface area contributed by atoms with Crippen LogP contribution in [0.3, 0.4) is 0 Å². The molecular weight excluding hydrogens is 264 g/mol. The van der Waals surface area contributed by atoms with Gasteiger partial charge in [-0.15, -0.1) is 0 Å². The molecule has 0 spiro atoms. The SMILES string of the molecule is C=C1C[C@@H](C(=O)OCC)[C@@H]2CO[C@H](CCCCCCC)[C@@H]12. The standard InChI is InChI=1S/C18H30O3/c1-4-6-7-8-9-10-16-17-13(3)11-14(15(17)12-21-16)18(19)20-5-2/h14-17H,3-12H2,1-2H3/t14-,15+,16-,17+/m1/s1. The van der Waals surface area contributed by atoms with E-state index in [1.165, 1.54) is 37.7 Å². The van der Waals surface area contributed by atoms with Crippen LogP contribution in [-0.4, -0.2) is 25.3 Å². The number of carbonyl (C=O) groups is 1. The minimum atomic E-state index is -0.0571. The lowest BCUT2D eigenvalue weighted by Gasteiger charge is -2.18. The molecule has 1 heterocycles. The zero-order chi connectivity index (χ0) is 15.2. The van der Waals surface area contributed by atoms with Crippen molar-refractivity contribution >= 4 is 5.97 Å². The summed E-state index contributed by atoms with van der Waals surface area (Å²) in [6, 6.07) is 0. The molecule has 0 aromatic rings. The second-order valence-electron chi connectivity index (χ2n) is 6.49. The van der Waals surface area contributed by atoms with Crippen LogP contribution in [0.2, 0.25) is 0 Å². The van der Waals surface area contributed by atoms with Crippen LogP contribution in [-0.2, 0) is 14.3 Å². The molecule has 0 aromatic carbocycles. The average Bonchev–Trinajstić information content (AvgIpc) is 3.01. The van der Waals surface area contributed by atoms with Gasteiger partial charge in [0.05, 0.1) is 25.2 Å². The minimum absolute atomic E-state index is 0.0208. The van der Waals surface area contributed by atoms with Gasteiger partial charge < -0.3 is 9.47 Å². The van der Waals surface area contributed by atoms with Gasteiger partial charge in [0.25, 0.3) is 0 Å². The maximum atomic E-state index is 12.1. The first-order valence-electron chi connectivity index (χ1n) is 8.64. The van der Waals surface area contributed by atoms with Crippen molar-refractivity contribution in [1.29, 1.82) is 0 Å². The van der Waals surface area contributed by atoms with Crippen LogP contribution < -0.4 is 0 Å². The maximum absolute atomic E-state index is 12.1. The molecule has 0 amide bonds. The first kappa shape index (κ1) is 16.5. The number of hydrogen-bond acceptors (Lipinski definition) is 3. The van der Waals surface area contributed by atoms with E-state index in [0.717, 1.165) is 12.8 Å². The molecule has 3 heteroatoms. The normalized spacial score (nSPS) is 31.4. The van der Waals surface area contributed by atoms with E-state index in [1.54, 1.807) is 0 Å². The zero-order valence-electron chi connectivity index (χ0n) is 13.6. The van der Waals surface area contributed by atoms with E-state index in [2.05, 4.69) is 13.5 Å². The van der Waals surface area contributed by atoms with Crippen molar-refractivity contribution in [3.63, 3.8) is 0 Å². The molecule has 1 aliphatic carbocycles. The molecule has 1 saturated heterocycles. The summed E-state index contributed by atoms with van der Waals surface area (Å²) < 4.78 is 11.2.